The lowest BCUT2D eigenvalue weighted by Gasteiger charge is -2.38. The van der Waals surface area contributed by atoms with Crippen LogP contribution in [0.5, 0.6) is 0 Å². The zero-order chi connectivity index (χ0) is 29.3. The molecule has 41 heavy (non-hydrogen) atoms. The van der Waals surface area contributed by atoms with Gasteiger partial charge in [0.25, 0.3) is 5.69 Å². The van der Waals surface area contributed by atoms with Crippen LogP contribution in [-0.2, 0) is 9.59 Å². The van der Waals surface area contributed by atoms with Crippen molar-refractivity contribution >= 4 is 74.5 Å². The molecule has 1 atom stereocenters. The molecule has 1 aliphatic carbocycles. The van der Waals surface area contributed by atoms with Gasteiger partial charge in [0.1, 0.15) is 5.82 Å². The molecular formula is C26H19Cl2N7O4S2. The Bertz CT molecular complexity index is 1700. The third kappa shape index (κ3) is 5.77. The van der Waals surface area contributed by atoms with Gasteiger partial charge in [0.15, 0.2) is 10.1 Å². The predicted octanol–water partition coefficient (Wildman–Crippen LogP) is 5.79. The summed E-state index contributed by atoms with van der Waals surface area (Å²) in [5.74, 6) is -1.10. The Labute approximate surface area is 251 Å². The van der Waals surface area contributed by atoms with Gasteiger partial charge in [-0.3, -0.25) is 24.6 Å². The second-order valence-electron chi connectivity index (χ2n) is 8.98. The minimum atomic E-state index is -0.649. The molecular weight excluding hydrogens is 609 g/mol. The van der Waals surface area contributed by atoms with E-state index in [1.54, 1.807) is 23.1 Å². The van der Waals surface area contributed by atoms with Crippen molar-refractivity contribution in [3.8, 4) is 6.07 Å². The fourth-order valence-electron chi connectivity index (χ4n) is 4.71. The van der Waals surface area contributed by atoms with Crippen molar-refractivity contribution in [1.29, 1.82) is 5.26 Å². The normalized spacial score (nSPS) is 16.9. The van der Waals surface area contributed by atoms with Crippen molar-refractivity contribution in [3.05, 3.63) is 90.9 Å². The van der Waals surface area contributed by atoms with Crippen molar-refractivity contribution in [3.63, 3.8) is 0 Å². The summed E-state index contributed by atoms with van der Waals surface area (Å²) in [4.78, 5) is 37.8. The first kappa shape index (κ1) is 28.6. The lowest BCUT2D eigenvalue weighted by atomic mass is 9.76. The van der Waals surface area contributed by atoms with Gasteiger partial charge in [0.2, 0.25) is 11.0 Å². The molecule has 0 fully saturated rings. The highest BCUT2D eigenvalue weighted by Crippen LogP contribution is 2.47. The number of halogens is 2. The van der Waals surface area contributed by atoms with Gasteiger partial charge >= 0.3 is 0 Å². The highest BCUT2D eigenvalue weighted by molar-refractivity contribution is 8.01. The number of carbonyl (C=O) groups excluding carboxylic acids is 2. The number of hydrogen-bond donors (Lipinski definition) is 2. The number of ketones is 1. The van der Waals surface area contributed by atoms with Gasteiger partial charge in [-0.05, 0) is 36.6 Å². The third-order valence-electron chi connectivity index (χ3n) is 6.44. The molecule has 2 aliphatic rings. The SMILES string of the molecule is N#CC1=C(N)N(c2nnc(SCC(=O)Nc3cc([N+](=O)[O-])ccc3Cl)s2)C2=C(C(=O)CCC2)C1c1cccc(Cl)c1. The van der Waals surface area contributed by atoms with Gasteiger partial charge < -0.3 is 11.1 Å². The number of Topliss-reactive ketones (excluding diaryl/α,β-unsaturated/α-hetero) is 1. The molecule has 0 saturated carbocycles. The van der Waals surface area contributed by atoms with E-state index in [0.717, 1.165) is 23.1 Å². The van der Waals surface area contributed by atoms with Gasteiger partial charge in [0, 0.05) is 34.8 Å². The van der Waals surface area contributed by atoms with E-state index in [0.29, 0.717) is 50.6 Å². The number of nitrogens with zero attached hydrogens (tertiary/aromatic N) is 5. The van der Waals surface area contributed by atoms with Crippen LogP contribution < -0.4 is 16.0 Å². The smallest absolute Gasteiger partial charge is 0.271 e. The maximum absolute atomic E-state index is 13.2. The number of nitro groups is 1. The summed E-state index contributed by atoms with van der Waals surface area (Å²) < 4.78 is 0.438. The van der Waals surface area contributed by atoms with Crippen LogP contribution in [-0.4, -0.2) is 32.6 Å². The molecule has 2 heterocycles. The number of nitrogens with two attached hydrogens (primary N) is 1. The highest BCUT2D eigenvalue weighted by Gasteiger charge is 2.41. The van der Waals surface area contributed by atoms with Crippen LogP contribution >= 0.6 is 46.3 Å². The quantitative estimate of drug-likeness (QED) is 0.186. The molecule has 1 amide bonds. The van der Waals surface area contributed by atoms with Crippen molar-refractivity contribution in [2.24, 2.45) is 5.73 Å². The Hall–Kier alpha value is -3.96. The van der Waals surface area contributed by atoms with Gasteiger partial charge in [-0.25, -0.2) is 0 Å². The van der Waals surface area contributed by atoms with E-state index in [4.69, 9.17) is 28.9 Å². The molecule has 3 N–H and O–H groups in total. The lowest BCUT2D eigenvalue weighted by Crippen LogP contribution is -2.38. The summed E-state index contributed by atoms with van der Waals surface area (Å²) >= 11 is 14.5. The van der Waals surface area contributed by atoms with Gasteiger partial charge in [-0.2, -0.15) is 5.26 Å². The monoisotopic (exact) mass is 627 g/mol. The van der Waals surface area contributed by atoms with Crippen molar-refractivity contribution in [1.82, 2.24) is 10.2 Å². The summed E-state index contributed by atoms with van der Waals surface area (Å²) in [5.41, 5.74) is 8.53. The number of thioether (sulfide) groups is 1. The number of carbonyl (C=O) groups is 2. The second kappa shape index (κ2) is 11.9. The molecule has 3 aromatic rings. The molecule has 0 bridgehead atoms. The first-order valence-electron chi connectivity index (χ1n) is 12.1. The van der Waals surface area contributed by atoms with Crippen LogP contribution in [0.3, 0.4) is 0 Å². The average Bonchev–Trinajstić information content (AvgIpc) is 3.41. The van der Waals surface area contributed by atoms with E-state index >= 15 is 0 Å². The fraction of sp³-hybridized carbons (Fsp3) is 0.192. The van der Waals surface area contributed by atoms with Crippen molar-refractivity contribution in [2.45, 2.75) is 29.5 Å². The third-order valence-corrected chi connectivity index (χ3v) is 9.05. The summed E-state index contributed by atoms with van der Waals surface area (Å²) in [5, 5.41) is 33.1. The van der Waals surface area contributed by atoms with E-state index in [-0.39, 0.29) is 39.3 Å². The molecule has 0 radical (unpaired) electrons. The Morgan fingerprint density at radius 2 is 2.07 bits per heavy atom. The standard InChI is InChI=1S/C26H19Cl2N7O4S2/c27-14-4-1-3-13(9-14)22-16(11-29)24(30)34(19-5-2-6-20(36)23(19)22)25-32-33-26(41-25)40-12-21(37)31-18-10-15(35(38)39)7-8-17(18)28/h1,3-4,7-10,22H,2,5-6,12,30H2,(H,31,37). The Morgan fingerprint density at radius 1 is 1.27 bits per heavy atom. The summed E-state index contributed by atoms with van der Waals surface area (Å²) in [7, 11) is 0. The van der Waals surface area contributed by atoms with Crippen LogP contribution in [0.1, 0.15) is 30.7 Å². The maximum atomic E-state index is 13.2. The Kier molecular flexibility index (Phi) is 8.27. The molecule has 11 nitrogen and oxygen atoms in total. The van der Waals surface area contributed by atoms with Crippen LogP contribution in [0.2, 0.25) is 10.0 Å². The summed E-state index contributed by atoms with van der Waals surface area (Å²) in [6, 6.07) is 13.0. The van der Waals surface area contributed by atoms with Crippen LogP contribution in [0.25, 0.3) is 0 Å². The number of anilines is 2. The molecule has 15 heteroatoms. The van der Waals surface area contributed by atoms with Gasteiger partial charge in [-0.1, -0.05) is 58.4 Å². The predicted molar refractivity (Wildman–Crippen MR) is 157 cm³/mol. The lowest BCUT2D eigenvalue weighted by molar-refractivity contribution is -0.384. The Balaban J connectivity index is 1.40. The number of amides is 1. The molecule has 5 rings (SSSR count). The van der Waals surface area contributed by atoms with Crippen LogP contribution in [0.4, 0.5) is 16.5 Å². The van der Waals surface area contributed by atoms with Crippen molar-refractivity contribution in [2.75, 3.05) is 16.0 Å². The summed E-state index contributed by atoms with van der Waals surface area (Å²) in [6.07, 6.45) is 1.52. The van der Waals surface area contributed by atoms with Crippen LogP contribution in [0, 0.1) is 21.4 Å². The summed E-state index contributed by atoms with van der Waals surface area (Å²) in [6.45, 7) is 0. The van der Waals surface area contributed by atoms with Gasteiger partial charge in [0.05, 0.1) is 38.9 Å². The topological polar surface area (TPSA) is 168 Å². The second-order valence-corrected chi connectivity index (χ2v) is 12.0. The molecule has 1 aromatic heterocycles. The molecule has 2 aromatic carbocycles. The largest absolute Gasteiger partial charge is 0.384 e. The average molecular weight is 629 g/mol. The zero-order valence-corrected chi connectivity index (χ0v) is 24.1. The number of allylic oxidation sites excluding steroid dienone is 3. The van der Waals surface area contributed by atoms with Crippen molar-refractivity contribution < 1.29 is 14.5 Å². The van der Waals surface area contributed by atoms with E-state index < -0.39 is 16.7 Å². The first-order valence-corrected chi connectivity index (χ1v) is 14.7. The number of nitrogens with one attached hydrogen (secondary N) is 1. The highest BCUT2D eigenvalue weighted by atomic mass is 35.5. The number of benzene rings is 2. The maximum Gasteiger partial charge on any atom is 0.271 e. The molecule has 1 aliphatic heterocycles. The minimum absolute atomic E-state index is 0.0722. The fourth-order valence-corrected chi connectivity index (χ4v) is 6.76. The number of aromatic nitrogens is 2. The van der Waals surface area contributed by atoms with E-state index in [1.807, 2.05) is 6.07 Å². The first-order chi connectivity index (χ1) is 19.7. The number of hydrogen-bond acceptors (Lipinski definition) is 11. The molecule has 1 unspecified atom stereocenters. The zero-order valence-electron chi connectivity index (χ0n) is 21.0. The molecule has 0 spiro atoms. The van der Waals surface area contributed by atoms with E-state index in [9.17, 15) is 25.0 Å². The van der Waals surface area contributed by atoms with E-state index in [2.05, 4.69) is 21.6 Å². The molecule has 208 valence electrons. The minimum Gasteiger partial charge on any atom is -0.384 e. The Morgan fingerprint density at radius 3 is 2.80 bits per heavy atom. The number of nitriles is 1. The number of rotatable bonds is 7. The van der Waals surface area contributed by atoms with Crippen LogP contribution in [0.15, 0.2) is 69.5 Å². The number of nitro benzene ring substituents is 1. The number of non-ortho nitro benzene ring substituents is 1. The van der Waals surface area contributed by atoms with Gasteiger partial charge in [-0.15, -0.1) is 10.2 Å². The van der Waals surface area contributed by atoms with E-state index in [1.165, 1.54) is 18.2 Å². The molecule has 0 saturated heterocycles.